The van der Waals surface area contributed by atoms with Crippen LogP contribution in [0.5, 0.6) is 0 Å². The molecule has 1 atom stereocenters. The molecule has 0 amide bonds. The zero-order valence-electron chi connectivity index (χ0n) is 12.8. The lowest BCUT2D eigenvalue weighted by Crippen LogP contribution is -2.21. The quantitative estimate of drug-likeness (QED) is 0.751. The fourth-order valence-electron chi connectivity index (χ4n) is 2.88. The predicted octanol–water partition coefficient (Wildman–Crippen LogP) is 2.79. The van der Waals surface area contributed by atoms with Crippen molar-refractivity contribution in [3.05, 3.63) is 54.4 Å². The van der Waals surface area contributed by atoms with Gasteiger partial charge in [-0.05, 0) is 24.8 Å². The number of rotatable bonds is 4. The van der Waals surface area contributed by atoms with Crippen molar-refractivity contribution in [2.24, 2.45) is 0 Å². The van der Waals surface area contributed by atoms with E-state index in [1.807, 2.05) is 22.9 Å². The lowest BCUT2D eigenvalue weighted by molar-refractivity contribution is 0.642. The third kappa shape index (κ3) is 2.92. The van der Waals surface area contributed by atoms with Gasteiger partial charge in [0, 0.05) is 6.04 Å². The summed E-state index contributed by atoms with van der Waals surface area (Å²) in [5.74, 6) is 0.773. The second-order valence-corrected chi connectivity index (χ2v) is 5.75. The molecule has 6 heteroatoms. The molecule has 0 radical (unpaired) electrons. The lowest BCUT2D eigenvalue weighted by Gasteiger charge is -2.19. The highest BCUT2D eigenvalue weighted by Crippen LogP contribution is 2.21. The van der Waals surface area contributed by atoms with Gasteiger partial charge in [-0.3, -0.25) is 0 Å². The number of nitrogens with one attached hydrogen (secondary N) is 1. The Kier molecular flexibility index (Phi) is 3.71. The minimum atomic E-state index is 0.400. The highest BCUT2D eigenvalue weighted by molar-refractivity contribution is 5.82. The number of nitrogens with zero attached hydrogens (tertiary/aromatic N) is 5. The van der Waals surface area contributed by atoms with Crippen LogP contribution in [0.2, 0.25) is 0 Å². The van der Waals surface area contributed by atoms with Crippen LogP contribution in [0.3, 0.4) is 0 Å². The molecule has 2 aromatic heterocycles. The Labute approximate surface area is 134 Å². The smallest absolute Gasteiger partial charge is 0.184 e. The van der Waals surface area contributed by atoms with Crippen molar-refractivity contribution in [2.45, 2.75) is 31.8 Å². The fourth-order valence-corrected chi connectivity index (χ4v) is 2.88. The van der Waals surface area contributed by atoms with Crippen LogP contribution in [0, 0.1) is 0 Å². The normalized spacial score (nSPS) is 17.5. The van der Waals surface area contributed by atoms with Gasteiger partial charge < -0.3 is 5.32 Å². The molecule has 0 saturated heterocycles. The topological polar surface area (TPSA) is 68.5 Å². The molecular formula is C17H18N6. The fraction of sp³-hybridized carbons (Fsp3) is 0.294. The van der Waals surface area contributed by atoms with E-state index in [2.05, 4.69) is 49.9 Å². The zero-order valence-corrected chi connectivity index (χ0v) is 12.8. The van der Waals surface area contributed by atoms with Gasteiger partial charge in [-0.25, -0.2) is 14.6 Å². The van der Waals surface area contributed by atoms with Crippen molar-refractivity contribution in [3.63, 3.8) is 0 Å². The van der Waals surface area contributed by atoms with E-state index in [4.69, 9.17) is 0 Å². The third-order valence-corrected chi connectivity index (χ3v) is 4.09. The molecule has 1 aromatic carbocycles. The van der Waals surface area contributed by atoms with E-state index in [1.165, 1.54) is 5.56 Å². The summed E-state index contributed by atoms with van der Waals surface area (Å²) in [6.07, 6.45) is 9.25. The van der Waals surface area contributed by atoms with E-state index in [1.54, 1.807) is 6.33 Å². The molecule has 0 bridgehead atoms. The Bertz CT molecular complexity index is 823. The molecule has 23 heavy (non-hydrogen) atoms. The number of aromatic nitrogens is 5. The second-order valence-electron chi connectivity index (χ2n) is 5.75. The van der Waals surface area contributed by atoms with Gasteiger partial charge in [0.25, 0.3) is 0 Å². The Morgan fingerprint density at radius 3 is 2.87 bits per heavy atom. The predicted molar refractivity (Wildman–Crippen MR) is 89.1 cm³/mol. The van der Waals surface area contributed by atoms with Gasteiger partial charge in [-0.2, -0.15) is 0 Å². The Balaban J connectivity index is 1.62. The Hall–Kier alpha value is -2.76. The summed E-state index contributed by atoms with van der Waals surface area (Å²) in [7, 11) is 0. The molecule has 1 aliphatic carbocycles. The molecule has 4 rings (SSSR count). The van der Waals surface area contributed by atoms with E-state index in [-0.39, 0.29) is 0 Å². The molecule has 0 saturated carbocycles. The van der Waals surface area contributed by atoms with Crippen LogP contribution in [-0.4, -0.2) is 31.0 Å². The van der Waals surface area contributed by atoms with Crippen LogP contribution in [0.1, 0.15) is 24.8 Å². The zero-order chi connectivity index (χ0) is 15.5. The van der Waals surface area contributed by atoms with Crippen LogP contribution in [-0.2, 0) is 6.54 Å². The number of hydrogen-bond donors (Lipinski definition) is 1. The van der Waals surface area contributed by atoms with Crippen LogP contribution in [0.25, 0.3) is 11.2 Å². The molecule has 1 N–H and O–H groups in total. The average Bonchev–Trinajstić information content (AvgIpc) is 3.01. The molecule has 3 aromatic rings. The monoisotopic (exact) mass is 306 g/mol. The van der Waals surface area contributed by atoms with E-state index < -0.39 is 0 Å². The van der Waals surface area contributed by atoms with E-state index in [9.17, 15) is 0 Å². The summed E-state index contributed by atoms with van der Waals surface area (Å²) < 4.78 is 1.82. The van der Waals surface area contributed by atoms with E-state index in [0.29, 0.717) is 12.6 Å². The number of benzene rings is 1. The van der Waals surface area contributed by atoms with Crippen molar-refractivity contribution in [3.8, 4) is 0 Å². The van der Waals surface area contributed by atoms with E-state index in [0.717, 1.165) is 36.2 Å². The summed E-state index contributed by atoms with van der Waals surface area (Å²) in [6.45, 7) is 0.653. The molecular weight excluding hydrogens is 288 g/mol. The first-order valence-electron chi connectivity index (χ1n) is 7.90. The van der Waals surface area contributed by atoms with E-state index >= 15 is 0 Å². The van der Waals surface area contributed by atoms with Gasteiger partial charge in [0.2, 0.25) is 0 Å². The van der Waals surface area contributed by atoms with Gasteiger partial charge in [-0.15, -0.1) is 5.10 Å². The molecule has 1 aliphatic rings. The van der Waals surface area contributed by atoms with Gasteiger partial charge >= 0.3 is 0 Å². The van der Waals surface area contributed by atoms with Gasteiger partial charge in [0.1, 0.15) is 6.33 Å². The van der Waals surface area contributed by atoms with Gasteiger partial charge in [0.15, 0.2) is 17.0 Å². The molecule has 0 fully saturated rings. The second kappa shape index (κ2) is 6.16. The largest absolute Gasteiger partial charge is 0.365 e. The Morgan fingerprint density at radius 2 is 2.04 bits per heavy atom. The molecule has 116 valence electrons. The van der Waals surface area contributed by atoms with Gasteiger partial charge in [-0.1, -0.05) is 47.7 Å². The van der Waals surface area contributed by atoms with Crippen molar-refractivity contribution in [2.75, 3.05) is 5.32 Å². The van der Waals surface area contributed by atoms with Crippen LogP contribution in [0.4, 0.5) is 5.82 Å². The molecule has 2 heterocycles. The maximum Gasteiger partial charge on any atom is 0.184 e. The average molecular weight is 306 g/mol. The van der Waals surface area contributed by atoms with Gasteiger partial charge in [0.05, 0.1) is 6.54 Å². The molecule has 0 aliphatic heterocycles. The standard InChI is InChI=1S/C17H18N6/c1-3-7-13(8-4-1)11-23-17-15(21-22-23)16(18-12-19-17)20-14-9-5-2-6-10-14/h1-5,7-8,12,14H,6,9-11H2,(H,18,19,20). The highest BCUT2D eigenvalue weighted by Gasteiger charge is 2.16. The minimum absolute atomic E-state index is 0.400. The highest BCUT2D eigenvalue weighted by atomic mass is 15.4. The summed E-state index contributed by atoms with van der Waals surface area (Å²) in [5, 5.41) is 12.0. The molecule has 1 unspecified atom stereocenters. The van der Waals surface area contributed by atoms with Crippen LogP contribution >= 0.6 is 0 Å². The number of anilines is 1. The van der Waals surface area contributed by atoms with Crippen molar-refractivity contribution in [1.82, 2.24) is 25.0 Å². The first kappa shape index (κ1) is 13.9. The number of allylic oxidation sites excluding steroid dienone is 1. The molecule has 0 spiro atoms. The lowest BCUT2D eigenvalue weighted by atomic mass is 10.0. The Morgan fingerprint density at radius 1 is 1.13 bits per heavy atom. The summed E-state index contributed by atoms with van der Waals surface area (Å²) in [5.41, 5.74) is 2.67. The maximum absolute atomic E-state index is 4.36. The summed E-state index contributed by atoms with van der Waals surface area (Å²) in [6, 6.07) is 10.6. The minimum Gasteiger partial charge on any atom is -0.365 e. The van der Waals surface area contributed by atoms with Crippen molar-refractivity contribution >= 4 is 17.0 Å². The van der Waals surface area contributed by atoms with Crippen LogP contribution in [0.15, 0.2) is 48.8 Å². The molecule has 6 nitrogen and oxygen atoms in total. The van der Waals surface area contributed by atoms with Crippen LogP contribution < -0.4 is 5.32 Å². The first-order valence-corrected chi connectivity index (χ1v) is 7.90. The summed E-state index contributed by atoms with van der Waals surface area (Å²) in [4.78, 5) is 8.72. The first-order chi connectivity index (χ1) is 11.4. The maximum atomic E-state index is 4.36. The number of hydrogen-bond acceptors (Lipinski definition) is 5. The third-order valence-electron chi connectivity index (χ3n) is 4.09. The SMILES string of the molecule is C1=CCC(Nc2ncnc3c2nnn3Cc2ccccc2)CC1. The van der Waals surface area contributed by atoms with Crippen molar-refractivity contribution in [1.29, 1.82) is 0 Å². The number of fused-ring (bicyclic) bond motifs is 1. The van der Waals surface area contributed by atoms with Crippen molar-refractivity contribution < 1.29 is 0 Å². The summed E-state index contributed by atoms with van der Waals surface area (Å²) >= 11 is 0.